The van der Waals surface area contributed by atoms with E-state index in [2.05, 4.69) is 22.1 Å². The van der Waals surface area contributed by atoms with E-state index in [-0.39, 0.29) is 17.1 Å². The fourth-order valence-corrected chi connectivity index (χ4v) is 1.55. The van der Waals surface area contributed by atoms with Gasteiger partial charge in [0.25, 0.3) is 0 Å². The second-order valence-corrected chi connectivity index (χ2v) is 3.73. The second kappa shape index (κ2) is 5.84. The van der Waals surface area contributed by atoms with E-state index in [4.69, 9.17) is 5.26 Å². The Kier molecular flexibility index (Phi) is 4.67. The maximum Gasteiger partial charge on any atom is 0.573 e. The van der Waals surface area contributed by atoms with E-state index in [1.807, 2.05) is 0 Å². The van der Waals surface area contributed by atoms with Crippen molar-refractivity contribution in [2.24, 2.45) is 0 Å². The SMILES string of the molecule is CCOC(=O)c1cc(S)c(C#N)c(OC(F)(F)F)c1. The molecule has 0 amide bonds. The van der Waals surface area contributed by atoms with Gasteiger partial charge in [-0.15, -0.1) is 25.8 Å². The Labute approximate surface area is 112 Å². The van der Waals surface area contributed by atoms with Crippen LogP contribution in [0.4, 0.5) is 13.2 Å². The number of rotatable bonds is 3. The van der Waals surface area contributed by atoms with Crippen molar-refractivity contribution in [2.45, 2.75) is 18.2 Å². The molecule has 1 aromatic rings. The highest BCUT2D eigenvalue weighted by Gasteiger charge is 2.33. The summed E-state index contributed by atoms with van der Waals surface area (Å²) in [7, 11) is 0. The number of hydrogen-bond donors (Lipinski definition) is 1. The van der Waals surface area contributed by atoms with E-state index in [9.17, 15) is 18.0 Å². The molecule has 0 atom stereocenters. The van der Waals surface area contributed by atoms with Crippen LogP contribution in [0, 0.1) is 11.3 Å². The van der Waals surface area contributed by atoms with E-state index < -0.39 is 23.6 Å². The predicted molar refractivity (Wildman–Crippen MR) is 61.0 cm³/mol. The molecule has 0 bridgehead atoms. The first kappa shape index (κ1) is 15.2. The highest BCUT2D eigenvalue weighted by molar-refractivity contribution is 7.80. The van der Waals surface area contributed by atoms with Crippen LogP contribution in [0.3, 0.4) is 0 Å². The van der Waals surface area contributed by atoms with Crippen molar-refractivity contribution in [1.82, 2.24) is 0 Å². The van der Waals surface area contributed by atoms with E-state index in [1.165, 1.54) is 6.07 Å². The van der Waals surface area contributed by atoms with Gasteiger partial charge in [-0.25, -0.2) is 4.79 Å². The lowest BCUT2D eigenvalue weighted by Gasteiger charge is -2.12. The number of nitriles is 1. The topological polar surface area (TPSA) is 59.3 Å². The van der Waals surface area contributed by atoms with Crippen molar-refractivity contribution in [3.05, 3.63) is 23.3 Å². The number of nitrogens with zero attached hydrogens (tertiary/aromatic N) is 1. The van der Waals surface area contributed by atoms with Crippen LogP contribution in [0.1, 0.15) is 22.8 Å². The van der Waals surface area contributed by atoms with Crippen molar-refractivity contribution < 1.29 is 27.4 Å². The number of esters is 1. The highest BCUT2D eigenvalue weighted by atomic mass is 32.1. The summed E-state index contributed by atoms with van der Waals surface area (Å²) in [6.07, 6.45) is -4.97. The third-order valence-corrected chi connectivity index (χ3v) is 2.28. The number of alkyl halides is 3. The second-order valence-electron chi connectivity index (χ2n) is 3.25. The first-order valence-corrected chi connectivity index (χ1v) is 5.43. The zero-order chi connectivity index (χ0) is 14.6. The molecule has 1 rings (SSSR count). The molecular formula is C11H8F3NO3S. The van der Waals surface area contributed by atoms with Crippen LogP contribution in [0.15, 0.2) is 17.0 Å². The van der Waals surface area contributed by atoms with Crippen LogP contribution < -0.4 is 4.74 Å². The fourth-order valence-electron chi connectivity index (χ4n) is 1.25. The van der Waals surface area contributed by atoms with Gasteiger partial charge in [-0.3, -0.25) is 0 Å². The Morgan fingerprint density at radius 2 is 2.11 bits per heavy atom. The van der Waals surface area contributed by atoms with Crippen molar-refractivity contribution >= 4 is 18.6 Å². The summed E-state index contributed by atoms with van der Waals surface area (Å²) in [6.45, 7) is 1.62. The van der Waals surface area contributed by atoms with E-state index in [0.29, 0.717) is 0 Å². The third kappa shape index (κ3) is 4.06. The molecule has 0 radical (unpaired) electrons. The molecule has 4 nitrogen and oxygen atoms in total. The van der Waals surface area contributed by atoms with Gasteiger partial charge in [0.05, 0.1) is 12.2 Å². The zero-order valence-corrected chi connectivity index (χ0v) is 10.5. The van der Waals surface area contributed by atoms with E-state index >= 15 is 0 Å². The number of thiol groups is 1. The minimum atomic E-state index is -4.97. The van der Waals surface area contributed by atoms with Gasteiger partial charge < -0.3 is 9.47 Å². The summed E-state index contributed by atoms with van der Waals surface area (Å²) in [5, 5.41) is 8.77. The van der Waals surface area contributed by atoms with Crippen molar-refractivity contribution in [1.29, 1.82) is 5.26 Å². The third-order valence-electron chi connectivity index (χ3n) is 1.93. The molecule has 1 aromatic carbocycles. The summed E-state index contributed by atoms with van der Waals surface area (Å²) < 4.78 is 44.9. The van der Waals surface area contributed by atoms with Crippen LogP contribution >= 0.6 is 12.6 Å². The molecule has 102 valence electrons. The maximum atomic E-state index is 12.2. The molecule has 0 aliphatic rings. The Hall–Kier alpha value is -1.88. The minimum absolute atomic E-state index is 0.0657. The van der Waals surface area contributed by atoms with Gasteiger partial charge >= 0.3 is 12.3 Å². The van der Waals surface area contributed by atoms with Gasteiger partial charge in [0, 0.05) is 4.90 Å². The summed E-state index contributed by atoms with van der Waals surface area (Å²) in [4.78, 5) is 11.3. The van der Waals surface area contributed by atoms with Crippen molar-refractivity contribution in [3.63, 3.8) is 0 Å². The molecule has 0 N–H and O–H groups in total. The van der Waals surface area contributed by atoms with Gasteiger partial charge in [0.2, 0.25) is 0 Å². The summed E-state index contributed by atoms with van der Waals surface area (Å²) in [6, 6.07) is 3.47. The number of halogens is 3. The molecule has 19 heavy (non-hydrogen) atoms. The number of carbonyl (C=O) groups is 1. The smallest absolute Gasteiger partial charge is 0.462 e. The average Bonchev–Trinajstić information content (AvgIpc) is 2.26. The summed E-state index contributed by atoms with van der Waals surface area (Å²) in [5.74, 6) is -1.61. The summed E-state index contributed by atoms with van der Waals surface area (Å²) in [5.41, 5.74) is -0.584. The molecule has 0 aliphatic heterocycles. The Morgan fingerprint density at radius 1 is 1.47 bits per heavy atom. The average molecular weight is 291 g/mol. The fraction of sp³-hybridized carbons (Fsp3) is 0.273. The molecule has 0 aromatic heterocycles. The van der Waals surface area contributed by atoms with Crippen LogP contribution in [0.25, 0.3) is 0 Å². The van der Waals surface area contributed by atoms with Gasteiger partial charge in [0.1, 0.15) is 17.4 Å². The van der Waals surface area contributed by atoms with Crippen LogP contribution in [0.2, 0.25) is 0 Å². The molecule has 0 saturated carbocycles. The van der Waals surface area contributed by atoms with Crippen LogP contribution in [-0.4, -0.2) is 18.9 Å². The summed E-state index contributed by atoms with van der Waals surface area (Å²) >= 11 is 3.85. The van der Waals surface area contributed by atoms with Crippen molar-refractivity contribution in [2.75, 3.05) is 6.61 Å². The molecule has 0 unspecified atom stereocenters. The largest absolute Gasteiger partial charge is 0.573 e. The number of benzene rings is 1. The van der Waals surface area contributed by atoms with Crippen molar-refractivity contribution in [3.8, 4) is 11.8 Å². The minimum Gasteiger partial charge on any atom is -0.462 e. The lowest BCUT2D eigenvalue weighted by Crippen LogP contribution is -2.18. The Balaban J connectivity index is 3.27. The molecule has 0 aliphatic carbocycles. The monoisotopic (exact) mass is 291 g/mol. The van der Waals surface area contributed by atoms with E-state index in [1.54, 1.807) is 6.92 Å². The highest BCUT2D eigenvalue weighted by Crippen LogP contribution is 2.31. The quantitative estimate of drug-likeness (QED) is 0.687. The maximum absolute atomic E-state index is 12.2. The number of carbonyl (C=O) groups excluding carboxylic acids is 1. The number of hydrogen-bond acceptors (Lipinski definition) is 5. The normalized spacial score (nSPS) is 10.7. The van der Waals surface area contributed by atoms with Gasteiger partial charge in [-0.2, -0.15) is 5.26 Å². The standard InChI is InChI=1S/C11H8F3NO3S/c1-2-17-10(16)6-3-8(18-11(12,13)14)7(5-15)9(19)4-6/h3-4,19H,2H2,1H3. The molecule has 0 fully saturated rings. The molecule has 0 heterocycles. The first-order chi connectivity index (χ1) is 8.78. The van der Waals surface area contributed by atoms with Crippen LogP contribution in [0.5, 0.6) is 5.75 Å². The van der Waals surface area contributed by atoms with Crippen LogP contribution in [-0.2, 0) is 4.74 Å². The molecular weight excluding hydrogens is 283 g/mol. The van der Waals surface area contributed by atoms with Gasteiger partial charge in [0.15, 0.2) is 0 Å². The zero-order valence-electron chi connectivity index (χ0n) is 9.61. The van der Waals surface area contributed by atoms with Gasteiger partial charge in [-0.1, -0.05) is 0 Å². The van der Waals surface area contributed by atoms with E-state index in [0.717, 1.165) is 12.1 Å². The Bertz CT molecular complexity index is 537. The first-order valence-electron chi connectivity index (χ1n) is 4.98. The Morgan fingerprint density at radius 3 is 2.58 bits per heavy atom. The lowest BCUT2D eigenvalue weighted by atomic mass is 10.1. The molecule has 0 saturated heterocycles. The molecule has 0 spiro atoms. The van der Waals surface area contributed by atoms with Gasteiger partial charge in [-0.05, 0) is 19.1 Å². The molecule has 8 heteroatoms. The number of ether oxygens (including phenoxy) is 2. The predicted octanol–water partition coefficient (Wildman–Crippen LogP) is 2.92. The lowest BCUT2D eigenvalue weighted by molar-refractivity contribution is -0.274.